The first-order valence-corrected chi connectivity index (χ1v) is 4.65. The predicted octanol–water partition coefficient (Wildman–Crippen LogP) is 3.38. The van der Waals surface area contributed by atoms with Gasteiger partial charge in [-0.3, -0.25) is 10.1 Å². The Morgan fingerprint density at radius 1 is 1.44 bits per heavy atom. The van der Waals surface area contributed by atoms with Crippen LogP contribution in [0.15, 0.2) is 16.6 Å². The monoisotopic (exact) mass is 299 g/mol. The summed E-state index contributed by atoms with van der Waals surface area (Å²) in [7, 11) is 1.17. The van der Waals surface area contributed by atoms with Crippen LogP contribution in [0.25, 0.3) is 0 Å². The highest BCUT2D eigenvalue weighted by molar-refractivity contribution is 9.10. The number of nitro benzene ring substituents is 1. The third-order valence-corrected chi connectivity index (χ3v) is 2.39. The third kappa shape index (κ3) is 2.43. The van der Waals surface area contributed by atoms with Crippen molar-refractivity contribution >= 4 is 21.6 Å². The van der Waals surface area contributed by atoms with Gasteiger partial charge in [0.15, 0.2) is 0 Å². The first kappa shape index (κ1) is 12.8. The smallest absolute Gasteiger partial charge is 0.423 e. The minimum absolute atomic E-state index is 0.0923. The number of nitrogens with zero attached hydrogens (tertiary/aromatic N) is 1. The largest absolute Gasteiger partial charge is 0.496 e. The number of benzene rings is 1. The highest BCUT2D eigenvalue weighted by Crippen LogP contribution is 2.41. The second kappa shape index (κ2) is 4.28. The van der Waals surface area contributed by atoms with Gasteiger partial charge in [-0.1, -0.05) is 0 Å². The second-order valence-electron chi connectivity index (χ2n) is 2.76. The number of rotatable bonds is 2. The summed E-state index contributed by atoms with van der Waals surface area (Å²) in [5, 5.41) is 10.5. The molecule has 0 unspecified atom stereocenters. The van der Waals surface area contributed by atoms with Gasteiger partial charge in [0.05, 0.1) is 16.5 Å². The van der Waals surface area contributed by atoms with Gasteiger partial charge < -0.3 is 4.74 Å². The zero-order chi connectivity index (χ0) is 12.5. The number of methoxy groups -OCH3 is 1. The molecule has 0 aliphatic heterocycles. The molecule has 1 rings (SSSR count). The lowest BCUT2D eigenvalue weighted by atomic mass is 10.1. The number of nitro groups is 1. The lowest BCUT2D eigenvalue weighted by Crippen LogP contribution is -2.09. The first-order valence-electron chi connectivity index (χ1n) is 3.86. The van der Waals surface area contributed by atoms with Gasteiger partial charge in [-0.25, -0.2) is 0 Å². The number of hydrogen-bond donors (Lipinski definition) is 0. The fourth-order valence-corrected chi connectivity index (χ4v) is 1.57. The van der Waals surface area contributed by atoms with Crippen LogP contribution in [0.3, 0.4) is 0 Å². The molecule has 0 spiro atoms. The fourth-order valence-electron chi connectivity index (χ4n) is 1.08. The summed E-state index contributed by atoms with van der Waals surface area (Å²) in [6, 6.07) is 1.35. The Hall–Kier alpha value is -1.31. The topological polar surface area (TPSA) is 52.4 Å². The van der Waals surface area contributed by atoms with Crippen molar-refractivity contribution < 1.29 is 22.8 Å². The van der Waals surface area contributed by atoms with E-state index < -0.39 is 22.4 Å². The van der Waals surface area contributed by atoms with Crippen LogP contribution in [0.1, 0.15) is 5.56 Å². The number of alkyl halides is 3. The average molecular weight is 300 g/mol. The van der Waals surface area contributed by atoms with Gasteiger partial charge >= 0.3 is 6.18 Å². The van der Waals surface area contributed by atoms with E-state index >= 15 is 0 Å². The minimum atomic E-state index is -4.80. The van der Waals surface area contributed by atoms with Crippen LogP contribution in [-0.4, -0.2) is 12.0 Å². The van der Waals surface area contributed by atoms with E-state index in [2.05, 4.69) is 20.7 Å². The van der Waals surface area contributed by atoms with E-state index in [0.29, 0.717) is 6.07 Å². The van der Waals surface area contributed by atoms with E-state index in [-0.39, 0.29) is 10.2 Å². The maximum absolute atomic E-state index is 12.5. The summed E-state index contributed by atoms with van der Waals surface area (Å²) in [6.07, 6.45) is -4.80. The summed E-state index contributed by atoms with van der Waals surface area (Å²) < 4.78 is 42.2. The molecule has 0 aromatic heterocycles. The van der Waals surface area contributed by atoms with E-state index in [0.717, 1.165) is 6.07 Å². The summed E-state index contributed by atoms with van der Waals surface area (Å²) in [4.78, 5) is 9.37. The standard InChI is InChI=1S/C8H5BrF3NO3/c1-16-7-2-4(8(10,11)12)6(13(14)15)3-5(7)9/h2-3H,1H3. The van der Waals surface area contributed by atoms with Gasteiger partial charge in [-0.05, 0) is 15.9 Å². The molecule has 0 atom stereocenters. The zero-order valence-corrected chi connectivity index (χ0v) is 9.42. The van der Waals surface area contributed by atoms with Crippen molar-refractivity contribution in [2.75, 3.05) is 7.11 Å². The summed E-state index contributed by atoms with van der Waals surface area (Å²) >= 11 is 2.88. The SMILES string of the molecule is COc1cc(C(F)(F)F)c([N+](=O)[O-])cc1Br. The maximum Gasteiger partial charge on any atom is 0.423 e. The molecule has 16 heavy (non-hydrogen) atoms. The Labute approximate surface area is 96.3 Å². The molecule has 0 N–H and O–H groups in total. The zero-order valence-electron chi connectivity index (χ0n) is 7.84. The molecule has 0 amide bonds. The Morgan fingerprint density at radius 2 is 2.00 bits per heavy atom. The summed E-state index contributed by atoms with van der Waals surface area (Å²) in [6.45, 7) is 0. The van der Waals surface area contributed by atoms with Crippen LogP contribution in [-0.2, 0) is 6.18 Å². The van der Waals surface area contributed by atoms with Crippen molar-refractivity contribution in [3.63, 3.8) is 0 Å². The van der Waals surface area contributed by atoms with Crippen molar-refractivity contribution in [2.45, 2.75) is 6.18 Å². The molecule has 1 aromatic rings. The molecular formula is C8H5BrF3NO3. The second-order valence-corrected chi connectivity index (χ2v) is 3.61. The molecule has 0 saturated heterocycles. The molecule has 4 nitrogen and oxygen atoms in total. The van der Waals surface area contributed by atoms with Crippen molar-refractivity contribution in [1.29, 1.82) is 0 Å². The maximum atomic E-state index is 12.5. The molecule has 0 fully saturated rings. The Morgan fingerprint density at radius 3 is 2.38 bits per heavy atom. The first-order chi connectivity index (χ1) is 7.27. The highest BCUT2D eigenvalue weighted by atomic mass is 79.9. The Bertz CT molecular complexity index is 433. The van der Waals surface area contributed by atoms with Crippen LogP contribution < -0.4 is 4.74 Å². The normalized spacial score (nSPS) is 11.3. The van der Waals surface area contributed by atoms with Gasteiger partial charge in [0.1, 0.15) is 11.3 Å². The van der Waals surface area contributed by atoms with Crippen LogP contribution in [0, 0.1) is 10.1 Å². The van der Waals surface area contributed by atoms with Crippen molar-refractivity contribution in [1.82, 2.24) is 0 Å². The molecule has 0 bridgehead atoms. The van der Waals surface area contributed by atoms with E-state index in [1.54, 1.807) is 0 Å². The van der Waals surface area contributed by atoms with Crippen LogP contribution in [0.5, 0.6) is 5.75 Å². The average Bonchev–Trinajstić information content (AvgIpc) is 2.15. The molecule has 88 valence electrons. The Balaban J connectivity index is 3.49. The molecule has 8 heteroatoms. The van der Waals surface area contributed by atoms with Crippen molar-refractivity contribution in [2.24, 2.45) is 0 Å². The van der Waals surface area contributed by atoms with Crippen molar-refractivity contribution in [3.8, 4) is 5.75 Å². The molecule has 0 aliphatic carbocycles. The van der Waals surface area contributed by atoms with Gasteiger partial charge in [0.25, 0.3) is 5.69 Å². The molecule has 0 saturated carbocycles. The molecule has 0 radical (unpaired) electrons. The van der Waals surface area contributed by atoms with Gasteiger partial charge in [-0.2, -0.15) is 13.2 Å². The summed E-state index contributed by atoms with van der Waals surface area (Å²) in [5.41, 5.74) is -2.35. The molecule has 0 aliphatic rings. The number of halogens is 4. The molecular weight excluding hydrogens is 295 g/mol. The quantitative estimate of drug-likeness (QED) is 0.621. The van der Waals surface area contributed by atoms with E-state index in [4.69, 9.17) is 0 Å². The van der Waals surface area contributed by atoms with E-state index in [9.17, 15) is 23.3 Å². The lowest BCUT2D eigenvalue weighted by molar-refractivity contribution is -0.388. The van der Waals surface area contributed by atoms with Crippen molar-refractivity contribution in [3.05, 3.63) is 32.3 Å². The van der Waals surface area contributed by atoms with Crippen LogP contribution in [0.2, 0.25) is 0 Å². The predicted molar refractivity (Wildman–Crippen MR) is 52.4 cm³/mol. The highest BCUT2D eigenvalue weighted by Gasteiger charge is 2.39. The lowest BCUT2D eigenvalue weighted by Gasteiger charge is -2.10. The minimum Gasteiger partial charge on any atom is -0.496 e. The molecule has 0 heterocycles. The number of hydrogen-bond acceptors (Lipinski definition) is 3. The van der Waals surface area contributed by atoms with Crippen LogP contribution >= 0.6 is 15.9 Å². The van der Waals surface area contributed by atoms with E-state index in [1.165, 1.54) is 7.11 Å². The van der Waals surface area contributed by atoms with E-state index in [1.807, 2.05) is 0 Å². The third-order valence-electron chi connectivity index (χ3n) is 1.77. The van der Waals surface area contributed by atoms with Gasteiger partial charge in [0, 0.05) is 12.1 Å². The summed E-state index contributed by atoms with van der Waals surface area (Å²) in [5.74, 6) is -0.113. The van der Waals surface area contributed by atoms with Gasteiger partial charge in [-0.15, -0.1) is 0 Å². The fraction of sp³-hybridized carbons (Fsp3) is 0.250. The number of ether oxygens (including phenoxy) is 1. The Kier molecular flexibility index (Phi) is 3.41. The molecule has 1 aromatic carbocycles. The van der Waals surface area contributed by atoms with Gasteiger partial charge in [0.2, 0.25) is 0 Å². The van der Waals surface area contributed by atoms with Crippen LogP contribution in [0.4, 0.5) is 18.9 Å².